The molecule has 0 spiro atoms. The van der Waals surface area contributed by atoms with Gasteiger partial charge in [0.25, 0.3) is 5.91 Å². The second-order valence-electron chi connectivity index (χ2n) is 5.77. The van der Waals surface area contributed by atoms with Gasteiger partial charge in [-0.1, -0.05) is 30.3 Å². The number of carbonyl (C=O) groups excluding carboxylic acids is 1. The SMILES string of the molecule is C[C@H](NC(=O)c1ccc2n[nH]nc2c1)c1ncc(-c2ccccc2)[nH]1. The van der Waals surface area contributed by atoms with Crippen molar-refractivity contribution in [2.75, 3.05) is 0 Å². The molecule has 25 heavy (non-hydrogen) atoms. The van der Waals surface area contributed by atoms with Gasteiger partial charge in [0.1, 0.15) is 16.9 Å². The molecular weight excluding hydrogens is 316 g/mol. The standard InChI is InChI=1S/C18H16N6O/c1-11(17-19-10-16(21-17)12-5-3-2-4-6-12)20-18(25)13-7-8-14-15(9-13)23-24-22-14/h2-11H,1H3,(H,19,21)(H,20,25)(H,22,23,24)/t11-/m0/s1. The van der Waals surface area contributed by atoms with Crippen molar-refractivity contribution in [1.29, 1.82) is 0 Å². The summed E-state index contributed by atoms with van der Waals surface area (Å²) in [6.45, 7) is 1.89. The average molecular weight is 332 g/mol. The molecule has 7 nitrogen and oxygen atoms in total. The van der Waals surface area contributed by atoms with Crippen molar-refractivity contribution in [3.63, 3.8) is 0 Å². The van der Waals surface area contributed by atoms with Crippen LogP contribution in [0.3, 0.4) is 0 Å². The fourth-order valence-electron chi connectivity index (χ4n) is 2.65. The molecule has 0 unspecified atom stereocenters. The summed E-state index contributed by atoms with van der Waals surface area (Å²) in [5.74, 6) is 0.518. The van der Waals surface area contributed by atoms with Crippen molar-refractivity contribution in [3.8, 4) is 11.3 Å². The van der Waals surface area contributed by atoms with Crippen LogP contribution in [0.2, 0.25) is 0 Å². The van der Waals surface area contributed by atoms with Gasteiger partial charge in [0.2, 0.25) is 0 Å². The minimum absolute atomic E-state index is 0.185. The van der Waals surface area contributed by atoms with E-state index in [0.717, 1.165) is 16.8 Å². The molecule has 7 heteroatoms. The molecule has 0 radical (unpaired) electrons. The van der Waals surface area contributed by atoms with E-state index in [9.17, 15) is 4.79 Å². The maximum atomic E-state index is 12.5. The lowest BCUT2D eigenvalue weighted by Gasteiger charge is -2.11. The van der Waals surface area contributed by atoms with E-state index in [1.165, 1.54) is 0 Å². The lowest BCUT2D eigenvalue weighted by Crippen LogP contribution is -2.27. The van der Waals surface area contributed by atoms with Gasteiger partial charge in [0.15, 0.2) is 0 Å². The molecule has 0 aliphatic rings. The Hall–Kier alpha value is -3.48. The molecule has 124 valence electrons. The van der Waals surface area contributed by atoms with Crippen LogP contribution in [-0.4, -0.2) is 31.3 Å². The number of nitrogens with one attached hydrogen (secondary N) is 3. The smallest absolute Gasteiger partial charge is 0.251 e. The van der Waals surface area contributed by atoms with Crippen LogP contribution < -0.4 is 5.32 Å². The number of aromatic nitrogens is 5. The Bertz CT molecular complexity index is 1020. The summed E-state index contributed by atoms with van der Waals surface area (Å²) in [4.78, 5) is 20.1. The van der Waals surface area contributed by atoms with Crippen molar-refractivity contribution < 1.29 is 4.79 Å². The van der Waals surface area contributed by atoms with E-state index in [2.05, 4.69) is 30.7 Å². The van der Waals surface area contributed by atoms with Crippen LogP contribution in [0.4, 0.5) is 0 Å². The number of H-pyrrole nitrogens is 2. The number of amides is 1. The van der Waals surface area contributed by atoms with Crippen LogP contribution in [0.15, 0.2) is 54.7 Å². The fourth-order valence-corrected chi connectivity index (χ4v) is 2.65. The second kappa shape index (κ2) is 6.20. The summed E-state index contributed by atoms with van der Waals surface area (Å²) >= 11 is 0. The number of carbonyl (C=O) groups is 1. The van der Waals surface area contributed by atoms with E-state index in [0.29, 0.717) is 16.9 Å². The Kier molecular flexibility index (Phi) is 3.74. The molecule has 0 bridgehead atoms. The fraction of sp³-hybridized carbons (Fsp3) is 0.111. The molecule has 2 heterocycles. The Morgan fingerprint density at radius 3 is 2.72 bits per heavy atom. The first-order chi connectivity index (χ1) is 12.2. The van der Waals surface area contributed by atoms with Gasteiger partial charge in [-0.15, -0.1) is 0 Å². The van der Waals surface area contributed by atoms with E-state index in [1.807, 2.05) is 37.3 Å². The highest BCUT2D eigenvalue weighted by molar-refractivity contribution is 5.97. The van der Waals surface area contributed by atoms with Crippen LogP contribution in [0.1, 0.15) is 29.1 Å². The number of hydrogen-bond acceptors (Lipinski definition) is 4. The molecule has 0 saturated carbocycles. The third-order valence-corrected chi connectivity index (χ3v) is 4.02. The van der Waals surface area contributed by atoms with Crippen LogP contribution in [0.25, 0.3) is 22.3 Å². The molecule has 3 N–H and O–H groups in total. The number of imidazole rings is 1. The molecule has 0 aliphatic heterocycles. The Morgan fingerprint density at radius 2 is 1.88 bits per heavy atom. The number of fused-ring (bicyclic) bond motifs is 1. The number of nitrogens with zero attached hydrogens (tertiary/aromatic N) is 3. The van der Waals surface area contributed by atoms with Crippen molar-refractivity contribution in [3.05, 3.63) is 66.1 Å². The summed E-state index contributed by atoms with van der Waals surface area (Å²) in [7, 11) is 0. The zero-order valence-corrected chi connectivity index (χ0v) is 13.5. The zero-order chi connectivity index (χ0) is 17.2. The van der Waals surface area contributed by atoms with Crippen LogP contribution in [-0.2, 0) is 0 Å². The minimum atomic E-state index is -0.252. The molecular formula is C18H16N6O. The van der Waals surface area contributed by atoms with Crippen LogP contribution in [0, 0.1) is 0 Å². The molecule has 0 saturated heterocycles. The normalized spacial score (nSPS) is 12.2. The molecule has 2 aromatic carbocycles. The topological polar surface area (TPSA) is 99.3 Å². The van der Waals surface area contributed by atoms with Crippen molar-refractivity contribution in [2.24, 2.45) is 0 Å². The Morgan fingerprint density at radius 1 is 1.08 bits per heavy atom. The first-order valence-corrected chi connectivity index (χ1v) is 7.92. The van der Waals surface area contributed by atoms with Gasteiger partial charge < -0.3 is 10.3 Å². The van der Waals surface area contributed by atoms with Crippen molar-refractivity contribution >= 4 is 16.9 Å². The van der Waals surface area contributed by atoms with Crippen LogP contribution in [0.5, 0.6) is 0 Å². The van der Waals surface area contributed by atoms with E-state index < -0.39 is 0 Å². The van der Waals surface area contributed by atoms with Gasteiger partial charge in [0, 0.05) is 5.56 Å². The van der Waals surface area contributed by atoms with Crippen molar-refractivity contribution in [1.82, 2.24) is 30.7 Å². The van der Waals surface area contributed by atoms with Gasteiger partial charge in [-0.05, 0) is 30.7 Å². The maximum absolute atomic E-state index is 12.5. The van der Waals surface area contributed by atoms with Gasteiger partial charge in [-0.2, -0.15) is 15.4 Å². The maximum Gasteiger partial charge on any atom is 0.251 e. The average Bonchev–Trinajstić information content (AvgIpc) is 3.31. The number of aromatic amines is 2. The second-order valence-corrected chi connectivity index (χ2v) is 5.77. The first kappa shape index (κ1) is 15.1. The van der Waals surface area contributed by atoms with Gasteiger partial charge in [-0.3, -0.25) is 4.79 Å². The number of benzene rings is 2. The third-order valence-electron chi connectivity index (χ3n) is 4.02. The van der Waals surface area contributed by atoms with E-state index in [1.54, 1.807) is 24.4 Å². The van der Waals surface area contributed by atoms with E-state index in [-0.39, 0.29) is 11.9 Å². The Labute approximate surface area is 143 Å². The monoisotopic (exact) mass is 332 g/mol. The lowest BCUT2D eigenvalue weighted by molar-refractivity contribution is 0.0938. The molecule has 1 amide bonds. The lowest BCUT2D eigenvalue weighted by atomic mass is 10.1. The summed E-state index contributed by atoms with van der Waals surface area (Å²) in [6, 6.07) is 14.9. The summed E-state index contributed by atoms with van der Waals surface area (Å²) in [5.41, 5.74) is 3.88. The van der Waals surface area contributed by atoms with Crippen LogP contribution >= 0.6 is 0 Å². The molecule has 4 rings (SSSR count). The largest absolute Gasteiger partial charge is 0.342 e. The van der Waals surface area contributed by atoms with Gasteiger partial charge >= 0.3 is 0 Å². The first-order valence-electron chi connectivity index (χ1n) is 7.92. The third kappa shape index (κ3) is 2.99. The molecule has 0 fully saturated rings. The highest BCUT2D eigenvalue weighted by Gasteiger charge is 2.15. The molecule has 0 aliphatic carbocycles. The number of hydrogen-bond donors (Lipinski definition) is 3. The molecule has 2 aromatic heterocycles. The highest BCUT2D eigenvalue weighted by atomic mass is 16.1. The zero-order valence-electron chi connectivity index (χ0n) is 13.5. The highest BCUT2D eigenvalue weighted by Crippen LogP contribution is 2.19. The predicted octanol–water partition coefficient (Wildman–Crippen LogP) is 2.84. The number of rotatable bonds is 4. The quantitative estimate of drug-likeness (QED) is 0.535. The Balaban J connectivity index is 1.50. The predicted molar refractivity (Wildman–Crippen MR) is 93.8 cm³/mol. The van der Waals surface area contributed by atoms with E-state index in [4.69, 9.17) is 0 Å². The van der Waals surface area contributed by atoms with Gasteiger partial charge in [-0.25, -0.2) is 4.98 Å². The van der Waals surface area contributed by atoms with E-state index >= 15 is 0 Å². The summed E-state index contributed by atoms with van der Waals surface area (Å²) in [5, 5.41) is 13.5. The molecule has 1 atom stereocenters. The van der Waals surface area contributed by atoms with Gasteiger partial charge in [0.05, 0.1) is 17.9 Å². The molecule has 4 aromatic rings. The summed E-state index contributed by atoms with van der Waals surface area (Å²) < 4.78 is 0. The minimum Gasteiger partial charge on any atom is -0.342 e. The van der Waals surface area contributed by atoms with Crippen molar-refractivity contribution in [2.45, 2.75) is 13.0 Å². The summed E-state index contributed by atoms with van der Waals surface area (Å²) in [6.07, 6.45) is 1.77.